The molecule has 2 aliphatic heterocycles. The van der Waals surface area contributed by atoms with Crippen molar-refractivity contribution in [2.45, 2.75) is 53.8 Å². The molecule has 0 aromatic heterocycles. The van der Waals surface area contributed by atoms with Gasteiger partial charge < -0.3 is 0 Å². The third-order valence-electron chi connectivity index (χ3n) is 10.8. The van der Waals surface area contributed by atoms with Gasteiger partial charge in [-0.15, -0.1) is 0 Å². The van der Waals surface area contributed by atoms with E-state index in [-0.39, 0.29) is 22.7 Å². The molecule has 0 amide bonds. The maximum Gasteiger partial charge on any atom is 0.112 e. The lowest BCUT2D eigenvalue weighted by Crippen LogP contribution is -2.58. The van der Waals surface area contributed by atoms with E-state index in [2.05, 4.69) is 114 Å². The summed E-state index contributed by atoms with van der Waals surface area (Å²) in [7, 11) is 3.13. The van der Waals surface area contributed by atoms with Crippen LogP contribution in [0.5, 0.6) is 0 Å². The van der Waals surface area contributed by atoms with Crippen molar-refractivity contribution in [1.29, 1.82) is 0 Å². The van der Waals surface area contributed by atoms with Gasteiger partial charge in [0.15, 0.2) is 0 Å². The Bertz CT molecular complexity index is 2260. The van der Waals surface area contributed by atoms with Crippen LogP contribution in [-0.4, -0.2) is 26.4 Å². The van der Waals surface area contributed by atoms with Gasteiger partial charge in [0.2, 0.25) is 0 Å². The quantitative estimate of drug-likeness (QED) is 0.117. The highest BCUT2D eigenvalue weighted by Crippen LogP contribution is 2.58. The zero-order valence-electron chi connectivity index (χ0n) is 34.8. The van der Waals surface area contributed by atoms with Crippen LogP contribution in [0.2, 0.25) is 20.1 Å². The highest BCUT2D eigenvalue weighted by Gasteiger charge is 2.58. The second kappa shape index (κ2) is 18.8. The van der Waals surface area contributed by atoms with Crippen molar-refractivity contribution in [2.24, 2.45) is 22.7 Å². The number of allylic oxidation sites excluding steroid dienone is 8. The van der Waals surface area contributed by atoms with Gasteiger partial charge in [-0.3, -0.25) is 0 Å². The molecule has 4 aromatic rings. The lowest BCUT2D eigenvalue weighted by atomic mass is 9.59. The number of hydrogen-bond donors (Lipinski definition) is 0. The van der Waals surface area contributed by atoms with Crippen LogP contribution in [0.1, 0.15) is 63.8 Å². The molecule has 3 aliphatic rings. The highest BCUT2D eigenvalue weighted by atomic mass is 35.5. The Kier molecular flexibility index (Phi) is 14.1. The topological polar surface area (TPSA) is 36.9 Å². The summed E-state index contributed by atoms with van der Waals surface area (Å²) in [4.78, 5) is 28.8. The van der Waals surface area contributed by atoms with Gasteiger partial charge in [-0.2, -0.15) is 0 Å². The molecule has 0 saturated heterocycles. The van der Waals surface area contributed by atoms with Crippen molar-refractivity contribution >= 4 is 90.9 Å². The maximum atomic E-state index is 6.61. The predicted octanol–water partition coefficient (Wildman–Crippen LogP) is 16.1. The number of hydrogen-bond acceptors (Lipinski definition) is 6. The fourth-order valence-corrected chi connectivity index (χ4v) is 10.7. The van der Waals surface area contributed by atoms with Crippen molar-refractivity contribution in [3.8, 4) is 0 Å². The Morgan fingerprint density at radius 1 is 0.483 bits per heavy atom. The average Bonchev–Trinajstić information content (AvgIpc) is 3.22. The van der Waals surface area contributed by atoms with Crippen molar-refractivity contribution in [3.63, 3.8) is 0 Å². The minimum atomic E-state index is -0.508. The van der Waals surface area contributed by atoms with Crippen molar-refractivity contribution in [3.05, 3.63) is 185 Å². The molecule has 4 nitrogen and oxygen atoms in total. The normalized spacial score (nSPS) is 22.6. The molecular formula is C50H48Cl4O4S2. The molecule has 0 radical (unpaired) electrons. The minimum Gasteiger partial charge on any atom is -0.240 e. The van der Waals surface area contributed by atoms with E-state index in [9.17, 15) is 0 Å². The first kappa shape index (κ1) is 45.1. The molecule has 4 aromatic carbocycles. The molecule has 1 aliphatic carbocycles. The summed E-state index contributed by atoms with van der Waals surface area (Å²) in [5.74, 6) is -0.693. The van der Waals surface area contributed by atoms with E-state index >= 15 is 0 Å². The van der Waals surface area contributed by atoms with Gasteiger partial charge in [0.25, 0.3) is 0 Å². The first-order chi connectivity index (χ1) is 28.6. The lowest BCUT2D eigenvalue weighted by molar-refractivity contribution is -0.399. The third-order valence-corrected chi connectivity index (χ3v) is 15.3. The van der Waals surface area contributed by atoms with E-state index in [1.165, 1.54) is 9.81 Å². The second-order valence-corrected chi connectivity index (χ2v) is 20.8. The summed E-state index contributed by atoms with van der Waals surface area (Å²) >= 11 is 29.5. The third kappa shape index (κ3) is 9.65. The summed E-state index contributed by atoms with van der Waals surface area (Å²) in [5.41, 5.74) is 7.85. The van der Waals surface area contributed by atoms with Gasteiger partial charge in [0.1, 0.15) is 12.2 Å². The van der Waals surface area contributed by atoms with E-state index < -0.39 is 12.2 Å². The van der Waals surface area contributed by atoms with E-state index in [1.54, 1.807) is 37.7 Å². The van der Waals surface area contributed by atoms with E-state index in [1.807, 2.05) is 48.5 Å². The van der Waals surface area contributed by atoms with E-state index in [4.69, 9.17) is 66.0 Å². The SMILES string of the molecule is COOC1C(C(=C2C=C(c3ccc(Cl)c(Cl)c3)SC(C(C)(C)C)=C2)c2ccccc2)C(OOC)C1C(=C1C=C(c2ccc(Cl)c(Cl)c2)SC(C(C)(C)C)=C1)c1ccccc1. The number of benzene rings is 4. The molecule has 0 unspecified atom stereocenters. The zero-order chi connectivity index (χ0) is 42.9. The smallest absolute Gasteiger partial charge is 0.112 e. The summed E-state index contributed by atoms with van der Waals surface area (Å²) in [6, 6.07) is 32.5. The highest BCUT2D eigenvalue weighted by molar-refractivity contribution is 8.12. The number of halogens is 4. The average molecular weight is 919 g/mol. The first-order valence-electron chi connectivity index (χ1n) is 19.7. The van der Waals surface area contributed by atoms with Gasteiger partial charge in [0, 0.05) is 21.6 Å². The zero-order valence-corrected chi connectivity index (χ0v) is 39.5. The summed E-state index contributed by atoms with van der Waals surface area (Å²) in [6.07, 6.45) is 8.06. The fourth-order valence-electron chi connectivity index (χ4n) is 7.77. The van der Waals surface area contributed by atoms with Crippen LogP contribution < -0.4 is 0 Å². The monoisotopic (exact) mass is 916 g/mol. The Hall–Kier alpha value is -2.98. The summed E-state index contributed by atoms with van der Waals surface area (Å²) in [6.45, 7) is 13.4. The van der Waals surface area contributed by atoms with Crippen molar-refractivity contribution in [1.82, 2.24) is 0 Å². The predicted molar refractivity (Wildman–Crippen MR) is 257 cm³/mol. The van der Waals surface area contributed by atoms with Crippen LogP contribution in [0.3, 0.4) is 0 Å². The second-order valence-electron chi connectivity index (χ2n) is 17.0. The molecule has 1 saturated carbocycles. The Balaban J connectivity index is 1.50. The standard InChI is InChI=1S/C50H48Cl4O4S2/c1-49(2,3)41-27-33(25-39(59-41)31-19-21-35(51)37(53)23-31)43(29-15-11-9-12-16-29)45-47(57-55-7)46(48(45)58-56-8)44(30-17-13-10-14-18-30)34-26-40(60-42(28-34)50(4,5)6)32-20-22-36(52)38(54)24-32/h9-28,45-48H,1-8H3. The van der Waals surface area contributed by atoms with E-state index in [0.29, 0.717) is 20.1 Å². The molecule has 7 rings (SSSR count). The Morgan fingerprint density at radius 3 is 1.17 bits per heavy atom. The molecular weight excluding hydrogens is 870 g/mol. The first-order valence-corrected chi connectivity index (χ1v) is 22.9. The van der Waals surface area contributed by atoms with Crippen LogP contribution in [-0.2, 0) is 19.6 Å². The molecule has 0 spiro atoms. The molecule has 2 heterocycles. The minimum absolute atomic E-state index is 0.167. The van der Waals surface area contributed by atoms with E-state index in [0.717, 1.165) is 54.4 Å². The van der Waals surface area contributed by atoms with Crippen LogP contribution in [0.15, 0.2) is 142 Å². The van der Waals surface area contributed by atoms with Crippen LogP contribution in [0, 0.1) is 22.7 Å². The van der Waals surface area contributed by atoms with Crippen LogP contribution in [0.4, 0.5) is 0 Å². The number of thioether (sulfide) groups is 2. The van der Waals surface area contributed by atoms with Crippen LogP contribution in [0.25, 0.3) is 21.0 Å². The summed E-state index contributed by atoms with van der Waals surface area (Å²) in [5, 5.41) is 2.03. The Labute approximate surface area is 383 Å². The Morgan fingerprint density at radius 2 is 0.850 bits per heavy atom. The molecule has 10 heteroatoms. The van der Waals surface area contributed by atoms with Gasteiger partial charge in [-0.1, -0.05) is 184 Å². The lowest BCUT2D eigenvalue weighted by Gasteiger charge is -2.51. The molecule has 1 fully saturated rings. The molecule has 312 valence electrons. The summed E-state index contributed by atoms with van der Waals surface area (Å²) < 4.78 is 0. The molecule has 0 N–H and O–H groups in total. The van der Waals surface area contributed by atoms with Gasteiger partial charge in [-0.05, 0) is 114 Å². The van der Waals surface area contributed by atoms with Gasteiger partial charge >= 0.3 is 0 Å². The number of rotatable bonds is 10. The van der Waals surface area contributed by atoms with Crippen molar-refractivity contribution in [2.75, 3.05) is 14.2 Å². The van der Waals surface area contributed by atoms with Crippen LogP contribution >= 0.6 is 69.9 Å². The van der Waals surface area contributed by atoms with Gasteiger partial charge in [0.05, 0.1) is 34.3 Å². The molecule has 60 heavy (non-hydrogen) atoms. The maximum absolute atomic E-state index is 6.61. The fraction of sp³-hybridized carbons (Fsp3) is 0.280. The largest absolute Gasteiger partial charge is 0.240 e. The van der Waals surface area contributed by atoms with Gasteiger partial charge in [-0.25, -0.2) is 19.6 Å². The van der Waals surface area contributed by atoms with Crippen molar-refractivity contribution < 1.29 is 19.6 Å². The molecule has 0 bridgehead atoms. The molecule has 0 atom stereocenters.